The zero-order valence-corrected chi connectivity index (χ0v) is 17.4. The van der Waals surface area contributed by atoms with Crippen molar-refractivity contribution in [2.75, 3.05) is 0 Å². The quantitative estimate of drug-likeness (QED) is 0.406. The van der Waals surface area contributed by atoms with Crippen molar-refractivity contribution >= 4 is 39.6 Å². The van der Waals surface area contributed by atoms with E-state index in [2.05, 4.69) is 21.2 Å². The number of carbonyl (C=O) groups excluding carboxylic acids is 3. The zero-order chi connectivity index (χ0) is 21.1. The minimum Gasteiger partial charge on any atom is -0.457 e. The van der Waals surface area contributed by atoms with Gasteiger partial charge in [-0.05, 0) is 55.3 Å². The molecule has 0 atom stereocenters. The topological polar surface area (TPSA) is 100 Å². The molecular weight excluding hydrogens is 436 g/mol. The largest absolute Gasteiger partial charge is 0.457 e. The van der Waals surface area contributed by atoms with Gasteiger partial charge in [0.15, 0.2) is 5.78 Å². The molecule has 0 spiro atoms. The summed E-state index contributed by atoms with van der Waals surface area (Å²) in [5.41, 5.74) is 1.58. The van der Waals surface area contributed by atoms with E-state index in [0.717, 1.165) is 10.9 Å². The highest BCUT2D eigenvalue weighted by Crippen LogP contribution is 2.31. The van der Waals surface area contributed by atoms with Crippen LogP contribution in [0.15, 0.2) is 55.9 Å². The molecule has 0 radical (unpaired) electrons. The molecule has 0 aliphatic carbocycles. The number of furan rings is 1. The van der Waals surface area contributed by atoms with Crippen molar-refractivity contribution in [1.82, 2.24) is 5.32 Å². The molecule has 0 fully saturated rings. The van der Waals surface area contributed by atoms with Gasteiger partial charge in [-0.1, -0.05) is 22.9 Å². The zero-order valence-electron chi connectivity index (χ0n) is 15.8. The fourth-order valence-electron chi connectivity index (χ4n) is 3.06. The van der Waals surface area contributed by atoms with Gasteiger partial charge in [0.25, 0.3) is 11.8 Å². The third-order valence-electron chi connectivity index (χ3n) is 4.53. The Balaban J connectivity index is 2.03. The molecule has 7 heteroatoms. The number of carbonyl (C=O) groups is 3. The molecule has 6 nitrogen and oxygen atoms in total. The Hall–Kier alpha value is -3.24. The molecule has 1 aromatic carbocycles. The Kier molecular flexibility index (Phi) is 5.95. The molecule has 29 heavy (non-hydrogen) atoms. The number of benzene rings is 1. The highest BCUT2D eigenvalue weighted by atomic mass is 79.9. The number of Topliss-reactive ketones (excluding diaryl/α,β-unsaturated/α-hetero) is 1. The summed E-state index contributed by atoms with van der Waals surface area (Å²) in [6.07, 6.45) is 2.64. The van der Waals surface area contributed by atoms with Gasteiger partial charge >= 0.3 is 0 Å². The van der Waals surface area contributed by atoms with Crippen LogP contribution in [0, 0.1) is 11.3 Å². The maximum atomic E-state index is 12.5. The lowest BCUT2D eigenvalue weighted by Crippen LogP contribution is -2.37. The number of imide groups is 1. The van der Waals surface area contributed by atoms with Crippen LogP contribution in [0.5, 0.6) is 0 Å². The van der Waals surface area contributed by atoms with Crippen LogP contribution in [0.2, 0.25) is 0 Å². The smallest absolute Gasteiger partial charge is 0.269 e. The summed E-state index contributed by atoms with van der Waals surface area (Å²) in [7, 11) is 0. The van der Waals surface area contributed by atoms with Crippen molar-refractivity contribution in [3.63, 3.8) is 0 Å². The van der Waals surface area contributed by atoms with Gasteiger partial charge in [0.1, 0.15) is 23.2 Å². The molecule has 1 N–H and O–H groups in total. The van der Waals surface area contributed by atoms with Gasteiger partial charge in [-0.2, -0.15) is 5.26 Å². The maximum Gasteiger partial charge on any atom is 0.269 e. The standard InChI is InChI=1S/C22H17BrN2O4/c1-3-4-19(26)17-9-13(23)5-7-15(17)20-8-6-14(29-20)10-16-12(2)18(11-24)22(28)25-21(16)27/h5-10H,3-4H2,1-2H3,(H,25,27,28)/b16-10-. The number of hydrogen-bond donors (Lipinski definition) is 1. The molecule has 1 aromatic heterocycles. The van der Waals surface area contributed by atoms with Crippen LogP contribution >= 0.6 is 15.9 Å². The fraction of sp³-hybridized carbons (Fsp3) is 0.182. The minimum atomic E-state index is -0.707. The average molecular weight is 453 g/mol. The Morgan fingerprint density at radius 2 is 2.00 bits per heavy atom. The van der Waals surface area contributed by atoms with E-state index in [1.807, 2.05) is 19.1 Å². The Bertz CT molecular complexity index is 1130. The van der Waals surface area contributed by atoms with Gasteiger partial charge in [0, 0.05) is 27.6 Å². The summed E-state index contributed by atoms with van der Waals surface area (Å²) < 4.78 is 6.65. The number of nitrogens with zero attached hydrogens (tertiary/aromatic N) is 1. The van der Waals surface area contributed by atoms with Crippen molar-refractivity contribution < 1.29 is 18.8 Å². The van der Waals surface area contributed by atoms with Crippen LogP contribution in [-0.4, -0.2) is 17.6 Å². The first-order chi connectivity index (χ1) is 13.8. The van der Waals surface area contributed by atoms with E-state index >= 15 is 0 Å². The molecule has 0 saturated carbocycles. The minimum absolute atomic E-state index is 0.0164. The van der Waals surface area contributed by atoms with Crippen molar-refractivity contribution in [3.8, 4) is 17.4 Å². The predicted octanol–water partition coefficient (Wildman–Crippen LogP) is 4.57. The second kappa shape index (κ2) is 8.41. The molecule has 1 aliphatic rings. The van der Waals surface area contributed by atoms with E-state index in [4.69, 9.17) is 9.68 Å². The highest BCUT2D eigenvalue weighted by Gasteiger charge is 2.28. The van der Waals surface area contributed by atoms with Gasteiger partial charge < -0.3 is 4.42 Å². The average Bonchev–Trinajstić information content (AvgIpc) is 3.14. The SMILES string of the molecule is CCCC(=O)c1cc(Br)ccc1-c1ccc(/C=C2\C(=O)NC(=O)C(C#N)=C2C)o1. The second-order valence-corrected chi connectivity index (χ2v) is 7.43. The summed E-state index contributed by atoms with van der Waals surface area (Å²) >= 11 is 3.39. The Labute approximate surface area is 176 Å². The third kappa shape index (κ3) is 4.13. The van der Waals surface area contributed by atoms with Gasteiger partial charge in [0.05, 0.1) is 0 Å². The lowest BCUT2D eigenvalue weighted by atomic mass is 9.96. The Morgan fingerprint density at radius 1 is 1.24 bits per heavy atom. The van der Waals surface area contributed by atoms with E-state index < -0.39 is 11.8 Å². The highest BCUT2D eigenvalue weighted by molar-refractivity contribution is 9.10. The van der Waals surface area contributed by atoms with E-state index in [0.29, 0.717) is 34.6 Å². The summed E-state index contributed by atoms with van der Waals surface area (Å²) in [6, 6.07) is 10.6. The van der Waals surface area contributed by atoms with Crippen LogP contribution in [0.3, 0.4) is 0 Å². The fourth-order valence-corrected chi connectivity index (χ4v) is 3.42. The van der Waals surface area contributed by atoms with E-state index in [1.54, 1.807) is 31.2 Å². The molecule has 1 aliphatic heterocycles. The molecule has 0 saturated heterocycles. The number of amides is 2. The van der Waals surface area contributed by atoms with Crippen LogP contribution in [0.25, 0.3) is 17.4 Å². The van der Waals surface area contributed by atoms with Gasteiger partial charge in [-0.25, -0.2) is 0 Å². The van der Waals surface area contributed by atoms with Crippen molar-refractivity contribution in [2.45, 2.75) is 26.7 Å². The van der Waals surface area contributed by atoms with Gasteiger partial charge in [0.2, 0.25) is 0 Å². The lowest BCUT2D eigenvalue weighted by molar-refractivity contribution is -0.126. The van der Waals surface area contributed by atoms with E-state index in [9.17, 15) is 14.4 Å². The van der Waals surface area contributed by atoms with Gasteiger partial charge in [-0.3, -0.25) is 19.7 Å². The monoisotopic (exact) mass is 452 g/mol. The summed E-state index contributed by atoms with van der Waals surface area (Å²) in [5, 5.41) is 11.3. The molecule has 2 aromatic rings. The summed E-state index contributed by atoms with van der Waals surface area (Å²) in [4.78, 5) is 36.4. The van der Waals surface area contributed by atoms with Crippen LogP contribution in [0.4, 0.5) is 0 Å². The molecular formula is C22H17BrN2O4. The predicted molar refractivity (Wildman–Crippen MR) is 111 cm³/mol. The normalized spacial score (nSPS) is 15.4. The summed E-state index contributed by atoms with van der Waals surface area (Å²) in [6.45, 7) is 3.49. The maximum absolute atomic E-state index is 12.5. The second-order valence-electron chi connectivity index (χ2n) is 6.52. The first-order valence-corrected chi connectivity index (χ1v) is 9.76. The number of ketones is 1. The molecule has 146 valence electrons. The summed E-state index contributed by atoms with van der Waals surface area (Å²) in [5.74, 6) is -0.429. The van der Waals surface area contributed by atoms with Crippen LogP contribution in [-0.2, 0) is 9.59 Å². The third-order valence-corrected chi connectivity index (χ3v) is 5.02. The van der Waals surface area contributed by atoms with Crippen molar-refractivity contribution in [1.29, 1.82) is 5.26 Å². The number of hydrogen-bond acceptors (Lipinski definition) is 5. The Morgan fingerprint density at radius 3 is 2.69 bits per heavy atom. The number of nitrogens with one attached hydrogen (secondary N) is 1. The van der Waals surface area contributed by atoms with E-state index in [1.165, 1.54) is 6.08 Å². The molecule has 0 unspecified atom stereocenters. The first kappa shape index (κ1) is 20.5. The van der Waals surface area contributed by atoms with E-state index in [-0.39, 0.29) is 16.9 Å². The van der Waals surface area contributed by atoms with Crippen molar-refractivity contribution in [3.05, 3.63) is 62.8 Å². The van der Waals surface area contributed by atoms with Crippen LogP contribution < -0.4 is 5.32 Å². The molecule has 2 heterocycles. The van der Waals surface area contributed by atoms with Gasteiger partial charge in [-0.15, -0.1) is 0 Å². The number of rotatable bonds is 5. The number of nitriles is 1. The molecule has 0 bridgehead atoms. The lowest BCUT2D eigenvalue weighted by Gasteiger charge is -2.15. The van der Waals surface area contributed by atoms with Crippen LogP contribution in [0.1, 0.15) is 42.8 Å². The molecule has 2 amide bonds. The number of halogens is 1. The molecule has 3 rings (SSSR count). The van der Waals surface area contributed by atoms with Crippen molar-refractivity contribution in [2.24, 2.45) is 0 Å². The first-order valence-electron chi connectivity index (χ1n) is 8.97.